The number of benzene rings is 1. The van der Waals surface area contributed by atoms with Gasteiger partial charge in [-0.2, -0.15) is 0 Å². The molecule has 0 aliphatic rings. The van der Waals surface area contributed by atoms with Crippen LogP contribution in [0.2, 0.25) is 0 Å². The molecule has 0 bridgehead atoms. The number of hydrogen-bond acceptors (Lipinski definition) is 5. The highest BCUT2D eigenvalue weighted by molar-refractivity contribution is 7.99. The van der Waals surface area contributed by atoms with E-state index in [0.29, 0.717) is 10.9 Å². The van der Waals surface area contributed by atoms with Gasteiger partial charge in [-0.25, -0.2) is 9.97 Å². The Kier molecular flexibility index (Phi) is 5.32. The molecule has 124 valence electrons. The van der Waals surface area contributed by atoms with Crippen LogP contribution in [0, 0.1) is 0 Å². The molecule has 0 saturated heterocycles. The molecule has 0 saturated carbocycles. The van der Waals surface area contributed by atoms with Gasteiger partial charge >= 0.3 is 0 Å². The van der Waals surface area contributed by atoms with E-state index in [2.05, 4.69) is 46.5 Å². The lowest BCUT2D eigenvalue weighted by Crippen LogP contribution is -2.14. The molecular weight excluding hydrogens is 340 g/mol. The van der Waals surface area contributed by atoms with Crippen LogP contribution in [0.3, 0.4) is 0 Å². The van der Waals surface area contributed by atoms with Gasteiger partial charge in [0.1, 0.15) is 0 Å². The Bertz CT molecular complexity index is 823. The fraction of sp³-hybridized carbons (Fsp3) is 0.235. The van der Waals surface area contributed by atoms with E-state index in [1.165, 1.54) is 28.7 Å². The minimum atomic E-state index is -0.0785. The highest BCUT2D eigenvalue weighted by Gasteiger charge is 2.10. The molecule has 1 amide bonds. The molecule has 3 aromatic rings. The zero-order valence-electron chi connectivity index (χ0n) is 13.5. The first-order chi connectivity index (χ1) is 11.7. The number of hydrogen-bond donors (Lipinski definition) is 1. The number of anilines is 1. The Morgan fingerprint density at radius 3 is 2.79 bits per heavy atom. The number of nitrogens with one attached hydrogen (secondary N) is 1. The van der Waals surface area contributed by atoms with Crippen molar-refractivity contribution in [3.8, 4) is 11.3 Å². The van der Waals surface area contributed by atoms with Gasteiger partial charge in [0.2, 0.25) is 5.91 Å². The molecule has 1 aromatic carbocycles. The summed E-state index contributed by atoms with van der Waals surface area (Å²) in [5.74, 6) is 0.232. The highest BCUT2D eigenvalue weighted by atomic mass is 32.2. The van der Waals surface area contributed by atoms with Crippen molar-refractivity contribution in [1.82, 2.24) is 14.5 Å². The Labute approximate surface area is 149 Å². The number of carbonyl (C=O) groups excluding carboxylic acids is 1. The second-order valence-electron chi connectivity index (χ2n) is 5.25. The smallest absolute Gasteiger partial charge is 0.236 e. The Morgan fingerprint density at radius 2 is 2.12 bits per heavy atom. The van der Waals surface area contributed by atoms with Crippen LogP contribution in [0.4, 0.5) is 5.13 Å². The molecule has 0 atom stereocenters. The van der Waals surface area contributed by atoms with Gasteiger partial charge in [-0.1, -0.05) is 43.0 Å². The van der Waals surface area contributed by atoms with Crippen molar-refractivity contribution in [2.45, 2.75) is 18.5 Å². The summed E-state index contributed by atoms with van der Waals surface area (Å²) in [4.78, 5) is 20.7. The normalized spacial score (nSPS) is 10.8. The molecule has 3 rings (SSSR count). The maximum atomic E-state index is 12.0. The van der Waals surface area contributed by atoms with Crippen LogP contribution in [-0.2, 0) is 18.3 Å². The zero-order valence-corrected chi connectivity index (χ0v) is 15.2. The van der Waals surface area contributed by atoms with Gasteiger partial charge in [0.25, 0.3) is 0 Å². The predicted molar refractivity (Wildman–Crippen MR) is 99.5 cm³/mol. The SMILES string of the molecule is CCc1ccc(-c2csc(NC(=O)CSc3nccn3C)n2)cc1. The number of thiazole rings is 1. The van der Waals surface area contributed by atoms with Crippen molar-refractivity contribution in [3.05, 3.63) is 47.6 Å². The molecule has 0 fully saturated rings. The fourth-order valence-electron chi connectivity index (χ4n) is 2.15. The standard InChI is InChI=1S/C17H18N4OS2/c1-3-12-4-6-13(7-5-12)14-10-23-16(19-14)20-15(22)11-24-17-18-8-9-21(17)2/h4-10H,3,11H2,1-2H3,(H,19,20,22). The van der Waals surface area contributed by atoms with Crippen LogP contribution in [0.1, 0.15) is 12.5 Å². The number of thioether (sulfide) groups is 1. The molecular formula is C17H18N4OS2. The van der Waals surface area contributed by atoms with E-state index in [9.17, 15) is 4.79 Å². The first kappa shape index (κ1) is 16.7. The van der Waals surface area contributed by atoms with E-state index in [-0.39, 0.29) is 5.91 Å². The second-order valence-corrected chi connectivity index (χ2v) is 7.05. The van der Waals surface area contributed by atoms with Gasteiger partial charge in [0.15, 0.2) is 10.3 Å². The molecule has 1 N–H and O–H groups in total. The monoisotopic (exact) mass is 358 g/mol. The van der Waals surface area contributed by atoms with E-state index >= 15 is 0 Å². The van der Waals surface area contributed by atoms with Gasteiger partial charge in [0, 0.05) is 30.4 Å². The zero-order chi connectivity index (χ0) is 16.9. The summed E-state index contributed by atoms with van der Waals surface area (Å²) in [6, 6.07) is 8.35. The molecule has 5 nitrogen and oxygen atoms in total. The first-order valence-electron chi connectivity index (χ1n) is 7.60. The van der Waals surface area contributed by atoms with E-state index in [4.69, 9.17) is 0 Å². The summed E-state index contributed by atoms with van der Waals surface area (Å²) in [6.07, 6.45) is 4.60. The van der Waals surface area contributed by atoms with Gasteiger partial charge in [0.05, 0.1) is 11.4 Å². The molecule has 0 spiro atoms. The number of imidazole rings is 1. The lowest BCUT2D eigenvalue weighted by molar-refractivity contribution is -0.113. The molecule has 24 heavy (non-hydrogen) atoms. The highest BCUT2D eigenvalue weighted by Crippen LogP contribution is 2.25. The Hall–Kier alpha value is -2.12. The van der Waals surface area contributed by atoms with Gasteiger partial charge in [-0.05, 0) is 12.0 Å². The van der Waals surface area contributed by atoms with Crippen molar-refractivity contribution in [2.24, 2.45) is 7.05 Å². The average Bonchev–Trinajstić information content (AvgIpc) is 3.22. The molecule has 2 aromatic heterocycles. The molecule has 2 heterocycles. The number of aromatic nitrogens is 3. The van der Waals surface area contributed by atoms with E-state index in [1.807, 2.05) is 23.2 Å². The van der Waals surface area contributed by atoms with Crippen LogP contribution in [0.5, 0.6) is 0 Å². The van der Waals surface area contributed by atoms with Crippen molar-refractivity contribution < 1.29 is 4.79 Å². The van der Waals surface area contributed by atoms with Crippen LogP contribution in [0.15, 0.2) is 47.2 Å². The van der Waals surface area contributed by atoms with Crippen LogP contribution >= 0.6 is 23.1 Å². The van der Waals surface area contributed by atoms with Crippen molar-refractivity contribution in [1.29, 1.82) is 0 Å². The third-order valence-electron chi connectivity index (χ3n) is 3.52. The van der Waals surface area contributed by atoms with Gasteiger partial charge in [-0.3, -0.25) is 4.79 Å². The third kappa shape index (κ3) is 4.04. The summed E-state index contributed by atoms with van der Waals surface area (Å²) in [5, 5.41) is 6.25. The predicted octanol–water partition coefficient (Wildman–Crippen LogP) is 3.84. The Balaban J connectivity index is 1.58. The number of rotatable bonds is 6. The lowest BCUT2D eigenvalue weighted by Gasteiger charge is -2.02. The maximum absolute atomic E-state index is 12.0. The summed E-state index contributed by atoms with van der Waals surface area (Å²) in [5.41, 5.74) is 3.25. The second kappa shape index (κ2) is 7.63. The van der Waals surface area contributed by atoms with Crippen LogP contribution in [0.25, 0.3) is 11.3 Å². The summed E-state index contributed by atoms with van der Waals surface area (Å²) in [7, 11) is 1.91. The number of aryl methyl sites for hydroxylation is 2. The summed E-state index contributed by atoms with van der Waals surface area (Å²) < 4.78 is 1.89. The van der Waals surface area contributed by atoms with Crippen molar-refractivity contribution >= 4 is 34.1 Å². The average molecular weight is 358 g/mol. The number of amides is 1. The van der Waals surface area contributed by atoms with E-state index < -0.39 is 0 Å². The van der Waals surface area contributed by atoms with Crippen LogP contribution < -0.4 is 5.32 Å². The molecule has 7 heteroatoms. The summed E-state index contributed by atoms with van der Waals surface area (Å²) >= 11 is 2.84. The first-order valence-corrected chi connectivity index (χ1v) is 9.47. The molecule has 0 unspecified atom stereocenters. The maximum Gasteiger partial charge on any atom is 0.236 e. The number of carbonyl (C=O) groups is 1. The molecule has 0 radical (unpaired) electrons. The molecule has 0 aliphatic carbocycles. The fourth-order valence-corrected chi connectivity index (χ4v) is 3.62. The van der Waals surface area contributed by atoms with Crippen molar-refractivity contribution in [3.63, 3.8) is 0 Å². The minimum Gasteiger partial charge on any atom is -0.329 e. The quantitative estimate of drug-likeness (QED) is 0.680. The largest absolute Gasteiger partial charge is 0.329 e. The third-order valence-corrected chi connectivity index (χ3v) is 5.33. The van der Waals surface area contributed by atoms with Gasteiger partial charge < -0.3 is 9.88 Å². The molecule has 0 aliphatic heterocycles. The van der Waals surface area contributed by atoms with Gasteiger partial charge in [-0.15, -0.1) is 11.3 Å². The van der Waals surface area contributed by atoms with E-state index in [1.54, 1.807) is 6.20 Å². The Morgan fingerprint density at radius 1 is 1.33 bits per heavy atom. The van der Waals surface area contributed by atoms with Crippen LogP contribution in [-0.4, -0.2) is 26.2 Å². The van der Waals surface area contributed by atoms with E-state index in [0.717, 1.165) is 22.8 Å². The number of nitrogens with zero attached hydrogens (tertiary/aromatic N) is 3. The van der Waals surface area contributed by atoms with Crippen molar-refractivity contribution in [2.75, 3.05) is 11.1 Å². The lowest BCUT2D eigenvalue weighted by atomic mass is 10.1. The topological polar surface area (TPSA) is 59.8 Å². The summed E-state index contributed by atoms with van der Waals surface area (Å²) in [6.45, 7) is 2.13. The minimum absolute atomic E-state index is 0.0785.